The summed E-state index contributed by atoms with van der Waals surface area (Å²) in [4.78, 5) is 24.6. The number of benzene rings is 2. The van der Waals surface area contributed by atoms with E-state index in [-0.39, 0.29) is 11.5 Å². The van der Waals surface area contributed by atoms with Crippen LogP contribution in [0, 0.1) is 17.6 Å². The minimum absolute atomic E-state index is 0.192. The molecular formula is C18H18F2N2O2. The van der Waals surface area contributed by atoms with Crippen LogP contribution in [0.25, 0.3) is 0 Å². The van der Waals surface area contributed by atoms with E-state index in [0.29, 0.717) is 5.69 Å². The molecule has 0 fully saturated rings. The van der Waals surface area contributed by atoms with Crippen molar-refractivity contribution in [1.29, 1.82) is 0 Å². The molecule has 2 N–H and O–H groups in total. The predicted molar refractivity (Wildman–Crippen MR) is 87.5 cm³/mol. The van der Waals surface area contributed by atoms with Gasteiger partial charge < -0.3 is 10.6 Å². The first-order valence-corrected chi connectivity index (χ1v) is 7.49. The quantitative estimate of drug-likeness (QED) is 0.882. The maximum atomic E-state index is 13.2. The Hall–Kier alpha value is -2.76. The smallest absolute Gasteiger partial charge is 0.251 e. The van der Waals surface area contributed by atoms with E-state index in [0.717, 1.165) is 0 Å². The molecule has 0 saturated heterocycles. The first-order chi connectivity index (χ1) is 11.4. The van der Waals surface area contributed by atoms with Crippen LogP contribution in [0.2, 0.25) is 0 Å². The second-order valence-corrected chi connectivity index (χ2v) is 5.70. The highest BCUT2D eigenvalue weighted by atomic mass is 19.1. The monoisotopic (exact) mass is 332 g/mol. The molecule has 2 aromatic rings. The van der Waals surface area contributed by atoms with Crippen LogP contribution < -0.4 is 10.6 Å². The second kappa shape index (κ2) is 7.68. The van der Waals surface area contributed by atoms with E-state index < -0.39 is 29.5 Å². The molecule has 2 rings (SSSR count). The van der Waals surface area contributed by atoms with Crippen LogP contribution in [0.3, 0.4) is 0 Å². The Bertz CT molecular complexity index is 730. The Balaban J connectivity index is 2.09. The van der Waals surface area contributed by atoms with Crippen molar-refractivity contribution in [2.24, 2.45) is 5.92 Å². The lowest BCUT2D eigenvalue weighted by molar-refractivity contribution is -0.118. The molecule has 1 atom stereocenters. The Morgan fingerprint density at radius 2 is 1.62 bits per heavy atom. The number of hydrogen-bond acceptors (Lipinski definition) is 2. The zero-order valence-corrected chi connectivity index (χ0v) is 13.3. The molecule has 0 spiro atoms. The third-order valence-corrected chi connectivity index (χ3v) is 3.43. The number of carbonyl (C=O) groups excluding carboxylic acids is 2. The van der Waals surface area contributed by atoms with Gasteiger partial charge in [-0.3, -0.25) is 9.59 Å². The van der Waals surface area contributed by atoms with Crippen LogP contribution in [0.15, 0.2) is 48.5 Å². The van der Waals surface area contributed by atoms with Crippen LogP contribution in [-0.2, 0) is 4.79 Å². The lowest BCUT2D eigenvalue weighted by Crippen LogP contribution is -2.47. The molecular weight excluding hydrogens is 314 g/mol. The average Bonchev–Trinajstić information content (AvgIpc) is 2.52. The van der Waals surface area contributed by atoms with Crippen molar-refractivity contribution < 1.29 is 18.4 Å². The summed E-state index contributed by atoms with van der Waals surface area (Å²) in [7, 11) is 0. The van der Waals surface area contributed by atoms with Crippen molar-refractivity contribution in [2.75, 3.05) is 5.32 Å². The van der Waals surface area contributed by atoms with Gasteiger partial charge in [0.1, 0.15) is 17.7 Å². The van der Waals surface area contributed by atoms with Crippen molar-refractivity contribution in [3.05, 3.63) is 65.7 Å². The van der Waals surface area contributed by atoms with Crippen molar-refractivity contribution >= 4 is 17.5 Å². The Morgan fingerprint density at radius 3 is 2.21 bits per heavy atom. The van der Waals surface area contributed by atoms with Gasteiger partial charge in [0.25, 0.3) is 5.91 Å². The van der Waals surface area contributed by atoms with Crippen LogP contribution in [0.5, 0.6) is 0 Å². The van der Waals surface area contributed by atoms with Crippen LogP contribution in [0.4, 0.5) is 14.5 Å². The molecule has 6 heteroatoms. The summed E-state index contributed by atoms with van der Waals surface area (Å²) in [6.45, 7) is 3.56. The fraction of sp³-hybridized carbons (Fsp3) is 0.222. The third kappa shape index (κ3) is 4.62. The molecule has 0 aliphatic rings. The van der Waals surface area contributed by atoms with Crippen LogP contribution >= 0.6 is 0 Å². The highest BCUT2D eigenvalue weighted by molar-refractivity contribution is 6.01. The fourth-order valence-electron chi connectivity index (χ4n) is 2.15. The number of hydrogen-bond donors (Lipinski definition) is 2. The van der Waals surface area contributed by atoms with E-state index in [9.17, 15) is 18.4 Å². The number of rotatable bonds is 5. The summed E-state index contributed by atoms with van der Waals surface area (Å²) in [5.74, 6) is -2.04. The van der Waals surface area contributed by atoms with Crippen molar-refractivity contribution in [3.8, 4) is 0 Å². The first kappa shape index (κ1) is 17.6. The minimum Gasteiger partial charge on any atom is -0.340 e. The van der Waals surface area contributed by atoms with Crippen molar-refractivity contribution in [1.82, 2.24) is 5.32 Å². The predicted octanol–water partition coefficient (Wildman–Crippen LogP) is 3.36. The lowest BCUT2D eigenvalue weighted by Gasteiger charge is -2.21. The van der Waals surface area contributed by atoms with Gasteiger partial charge in [0, 0.05) is 11.3 Å². The van der Waals surface area contributed by atoms with E-state index in [1.54, 1.807) is 19.9 Å². The average molecular weight is 332 g/mol. The SMILES string of the molecule is CC(C)C(NC(=O)c1ccc(F)cc1)C(=O)Nc1cccc(F)c1. The summed E-state index contributed by atoms with van der Waals surface area (Å²) in [5, 5.41) is 5.20. The number of anilines is 1. The van der Waals surface area contributed by atoms with Gasteiger partial charge in [-0.05, 0) is 48.4 Å². The van der Waals surface area contributed by atoms with E-state index in [1.807, 2.05) is 0 Å². The molecule has 0 aliphatic carbocycles. The van der Waals surface area contributed by atoms with Gasteiger partial charge in [0.05, 0.1) is 0 Å². The van der Waals surface area contributed by atoms with Crippen LogP contribution in [-0.4, -0.2) is 17.9 Å². The third-order valence-electron chi connectivity index (χ3n) is 3.43. The van der Waals surface area contributed by atoms with Gasteiger partial charge in [0.15, 0.2) is 0 Å². The topological polar surface area (TPSA) is 58.2 Å². The van der Waals surface area contributed by atoms with Gasteiger partial charge in [-0.25, -0.2) is 8.78 Å². The summed E-state index contributed by atoms with van der Waals surface area (Å²) < 4.78 is 26.1. The van der Waals surface area contributed by atoms with E-state index in [1.165, 1.54) is 42.5 Å². The minimum atomic E-state index is -0.814. The summed E-state index contributed by atoms with van der Waals surface area (Å²) in [5.41, 5.74) is 0.558. The van der Waals surface area contributed by atoms with Gasteiger partial charge in [0.2, 0.25) is 5.91 Å². The second-order valence-electron chi connectivity index (χ2n) is 5.70. The molecule has 0 aromatic heterocycles. The number of amides is 2. The zero-order valence-electron chi connectivity index (χ0n) is 13.3. The summed E-state index contributed by atoms with van der Waals surface area (Å²) in [6.07, 6.45) is 0. The van der Waals surface area contributed by atoms with E-state index in [4.69, 9.17) is 0 Å². The first-order valence-electron chi connectivity index (χ1n) is 7.49. The van der Waals surface area contributed by atoms with Gasteiger partial charge in [-0.1, -0.05) is 19.9 Å². The van der Waals surface area contributed by atoms with Crippen molar-refractivity contribution in [3.63, 3.8) is 0 Å². The maximum Gasteiger partial charge on any atom is 0.251 e. The van der Waals surface area contributed by atoms with Gasteiger partial charge in [-0.15, -0.1) is 0 Å². The molecule has 126 valence electrons. The molecule has 0 aliphatic heterocycles. The fourth-order valence-corrected chi connectivity index (χ4v) is 2.15. The Kier molecular flexibility index (Phi) is 5.63. The molecule has 2 amide bonds. The number of nitrogens with one attached hydrogen (secondary N) is 2. The van der Waals surface area contributed by atoms with Crippen molar-refractivity contribution in [2.45, 2.75) is 19.9 Å². The number of halogens is 2. The van der Waals surface area contributed by atoms with E-state index >= 15 is 0 Å². The summed E-state index contributed by atoms with van der Waals surface area (Å²) >= 11 is 0. The largest absolute Gasteiger partial charge is 0.340 e. The molecule has 0 heterocycles. The molecule has 0 radical (unpaired) electrons. The molecule has 0 bridgehead atoms. The van der Waals surface area contributed by atoms with Gasteiger partial charge >= 0.3 is 0 Å². The lowest BCUT2D eigenvalue weighted by atomic mass is 10.0. The molecule has 2 aromatic carbocycles. The maximum absolute atomic E-state index is 13.2. The standard InChI is InChI=1S/C18H18F2N2O2/c1-11(2)16(18(24)21-15-5-3-4-14(20)10-15)22-17(23)12-6-8-13(19)9-7-12/h3-11,16H,1-2H3,(H,21,24)(H,22,23). The highest BCUT2D eigenvalue weighted by Gasteiger charge is 2.24. The Labute approximate surface area is 138 Å². The Morgan fingerprint density at radius 1 is 0.958 bits per heavy atom. The highest BCUT2D eigenvalue weighted by Crippen LogP contribution is 2.12. The molecule has 4 nitrogen and oxygen atoms in total. The summed E-state index contributed by atoms with van der Waals surface area (Å²) in [6, 6.07) is 9.71. The van der Waals surface area contributed by atoms with E-state index in [2.05, 4.69) is 10.6 Å². The molecule has 0 saturated carbocycles. The van der Waals surface area contributed by atoms with Crippen LogP contribution in [0.1, 0.15) is 24.2 Å². The normalized spacial score (nSPS) is 11.9. The zero-order chi connectivity index (χ0) is 17.7. The molecule has 1 unspecified atom stereocenters. The molecule has 24 heavy (non-hydrogen) atoms. The number of carbonyl (C=O) groups is 2. The van der Waals surface area contributed by atoms with Gasteiger partial charge in [-0.2, -0.15) is 0 Å².